The first-order chi connectivity index (χ1) is 11.1. The number of benzene rings is 1. The van der Waals surface area contributed by atoms with Crippen LogP contribution in [-0.2, 0) is 11.4 Å². The van der Waals surface area contributed by atoms with Crippen LogP contribution in [0.3, 0.4) is 0 Å². The topological polar surface area (TPSA) is 94.6 Å². The summed E-state index contributed by atoms with van der Waals surface area (Å²) in [7, 11) is 0. The minimum atomic E-state index is -0.466. The van der Waals surface area contributed by atoms with E-state index in [0.29, 0.717) is 18.7 Å². The van der Waals surface area contributed by atoms with Crippen molar-refractivity contribution in [3.05, 3.63) is 53.7 Å². The molecule has 23 heavy (non-hydrogen) atoms. The second-order valence-electron chi connectivity index (χ2n) is 4.81. The summed E-state index contributed by atoms with van der Waals surface area (Å²) in [5, 5.41) is 2.61. The number of nitrogens with one attached hydrogen (secondary N) is 1. The number of carbonyl (C=O) groups excluding carboxylic acids is 2. The lowest BCUT2D eigenvalue weighted by molar-refractivity contribution is -0.118. The van der Waals surface area contributed by atoms with Crippen molar-refractivity contribution < 1.29 is 23.1 Å². The van der Waals surface area contributed by atoms with Crippen LogP contribution in [0.5, 0.6) is 5.75 Å². The Hall–Kier alpha value is -2.83. The maximum atomic E-state index is 13.4. The summed E-state index contributed by atoms with van der Waals surface area (Å²) in [6, 6.07) is 9.11. The van der Waals surface area contributed by atoms with Crippen molar-refractivity contribution >= 4 is 11.8 Å². The van der Waals surface area contributed by atoms with Gasteiger partial charge in [0, 0.05) is 13.0 Å². The fourth-order valence-electron chi connectivity index (χ4n) is 1.84. The Balaban J connectivity index is 1.82. The van der Waals surface area contributed by atoms with Crippen molar-refractivity contribution in [2.75, 3.05) is 6.54 Å². The number of carbonyl (C=O) groups is 2. The van der Waals surface area contributed by atoms with Gasteiger partial charge in [-0.15, -0.1) is 0 Å². The number of hydrogen-bond donors (Lipinski definition) is 2. The number of primary amides is 1. The van der Waals surface area contributed by atoms with Gasteiger partial charge in [-0.3, -0.25) is 9.59 Å². The molecular weight excluding hydrogens is 303 g/mol. The molecule has 3 N–H and O–H groups in total. The molecule has 0 aliphatic rings. The number of rotatable bonds is 8. The standard InChI is InChI=1S/C16H17FN2O4/c17-12-4-1-2-5-13(12)22-10-11-7-8-14(23-11)16(21)19-9-3-6-15(18)20/h1-2,4-5,7-8H,3,6,9-10H2,(H2,18,20)(H,19,21). The molecule has 2 aromatic rings. The largest absolute Gasteiger partial charge is 0.483 e. The SMILES string of the molecule is NC(=O)CCCNC(=O)c1ccc(COc2ccccc2F)o1. The molecule has 0 atom stereocenters. The minimum absolute atomic E-state index is 0.00981. The van der Waals surface area contributed by atoms with E-state index < -0.39 is 17.6 Å². The Morgan fingerprint density at radius 2 is 2.00 bits per heavy atom. The van der Waals surface area contributed by atoms with Gasteiger partial charge in [-0.1, -0.05) is 12.1 Å². The molecule has 0 unspecified atom stereocenters. The Morgan fingerprint density at radius 3 is 2.74 bits per heavy atom. The van der Waals surface area contributed by atoms with Gasteiger partial charge in [-0.2, -0.15) is 0 Å². The first-order valence-electron chi connectivity index (χ1n) is 7.09. The predicted molar refractivity (Wildman–Crippen MR) is 80.2 cm³/mol. The number of halogens is 1. The Kier molecular flexibility index (Phi) is 5.74. The van der Waals surface area contributed by atoms with Gasteiger partial charge in [0.2, 0.25) is 5.91 Å². The highest BCUT2D eigenvalue weighted by Gasteiger charge is 2.11. The van der Waals surface area contributed by atoms with Crippen molar-refractivity contribution in [3.63, 3.8) is 0 Å². The van der Waals surface area contributed by atoms with E-state index >= 15 is 0 Å². The molecule has 6 nitrogen and oxygen atoms in total. The molecule has 0 aliphatic carbocycles. The van der Waals surface area contributed by atoms with Crippen LogP contribution in [0.4, 0.5) is 4.39 Å². The van der Waals surface area contributed by atoms with Gasteiger partial charge in [0.1, 0.15) is 12.4 Å². The lowest BCUT2D eigenvalue weighted by Gasteiger charge is -2.05. The number of ether oxygens (including phenoxy) is 1. The van der Waals surface area contributed by atoms with E-state index in [-0.39, 0.29) is 24.5 Å². The number of amides is 2. The molecule has 122 valence electrons. The zero-order chi connectivity index (χ0) is 16.7. The minimum Gasteiger partial charge on any atom is -0.483 e. The highest BCUT2D eigenvalue weighted by Crippen LogP contribution is 2.18. The fourth-order valence-corrected chi connectivity index (χ4v) is 1.84. The normalized spacial score (nSPS) is 10.3. The summed E-state index contributed by atoms with van der Waals surface area (Å²) in [5.41, 5.74) is 5.00. The summed E-state index contributed by atoms with van der Waals surface area (Å²) >= 11 is 0. The first-order valence-corrected chi connectivity index (χ1v) is 7.09. The molecule has 0 saturated heterocycles. The molecule has 0 fully saturated rings. The van der Waals surface area contributed by atoms with E-state index in [1.807, 2.05) is 0 Å². The molecule has 1 aromatic heterocycles. The van der Waals surface area contributed by atoms with Crippen LogP contribution < -0.4 is 15.8 Å². The zero-order valence-corrected chi connectivity index (χ0v) is 12.4. The highest BCUT2D eigenvalue weighted by molar-refractivity contribution is 5.91. The Morgan fingerprint density at radius 1 is 1.22 bits per heavy atom. The van der Waals surface area contributed by atoms with E-state index in [0.717, 1.165) is 0 Å². The van der Waals surface area contributed by atoms with Crippen LogP contribution in [0.2, 0.25) is 0 Å². The maximum Gasteiger partial charge on any atom is 0.286 e. The Bertz CT molecular complexity index is 684. The molecule has 2 amide bonds. The highest BCUT2D eigenvalue weighted by atomic mass is 19.1. The first kappa shape index (κ1) is 16.5. The molecule has 1 aromatic carbocycles. The fraction of sp³-hybridized carbons (Fsp3) is 0.250. The third-order valence-electron chi connectivity index (χ3n) is 2.98. The van der Waals surface area contributed by atoms with Crippen molar-refractivity contribution in [1.29, 1.82) is 0 Å². The molecule has 0 radical (unpaired) electrons. The van der Waals surface area contributed by atoms with E-state index in [1.54, 1.807) is 18.2 Å². The summed E-state index contributed by atoms with van der Waals surface area (Å²) in [4.78, 5) is 22.4. The van der Waals surface area contributed by atoms with E-state index in [2.05, 4.69) is 5.32 Å². The third-order valence-corrected chi connectivity index (χ3v) is 2.98. The third kappa shape index (κ3) is 5.14. The second-order valence-corrected chi connectivity index (χ2v) is 4.81. The smallest absolute Gasteiger partial charge is 0.286 e. The average molecular weight is 320 g/mol. The van der Waals surface area contributed by atoms with E-state index in [9.17, 15) is 14.0 Å². The van der Waals surface area contributed by atoms with Crippen LogP contribution in [0.1, 0.15) is 29.2 Å². The van der Waals surface area contributed by atoms with Crippen LogP contribution in [0.15, 0.2) is 40.8 Å². The lowest BCUT2D eigenvalue weighted by atomic mass is 10.3. The van der Waals surface area contributed by atoms with Crippen molar-refractivity contribution in [3.8, 4) is 5.75 Å². The van der Waals surface area contributed by atoms with Crippen LogP contribution >= 0.6 is 0 Å². The average Bonchev–Trinajstić information content (AvgIpc) is 2.99. The summed E-state index contributed by atoms with van der Waals surface area (Å²) < 4.78 is 24.0. The zero-order valence-electron chi connectivity index (χ0n) is 12.4. The molecule has 7 heteroatoms. The van der Waals surface area contributed by atoms with Crippen LogP contribution in [0, 0.1) is 5.82 Å². The monoisotopic (exact) mass is 320 g/mol. The summed E-state index contributed by atoms with van der Waals surface area (Å²) in [5.74, 6) is -0.643. The molecular formula is C16H17FN2O4. The lowest BCUT2D eigenvalue weighted by Crippen LogP contribution is -2.25. The van der Waals surface area contributed by atoms with Gasteiger partial charge in [0.15, 0.2) is 17.3 Å². The molecule has 2 rings (SSSR count). The molecule has 0 saturated carbocycles. The quantitative estimate of drug-likeness (QED) is 0.727. The van der Waals surface area contributed by atoms with Gasteiger partial charge < -0.3 is 20.2 Å². The maximum absolute atomic E-state index is 13.4. The van der Waals surface area contributed by atoms with Crippen LogP contribution in [-0.4, -0.2) is 18.4 Å². The van der Waals surface area contributed by atoms with E-state index in [4.69, 9.17) is 14.9 Å². The Labute approximate surface area is 132 Å². The van der Waals surface area contributed by atoms with Gasteiger partial charge in [-0.25, -0.2) is 4.39 Å². The van der Waals surface area contributed by atoms with Gasteiger partial charge in [0.05, 0.1) is 0 Å². The van der Waals surface area contributed by atoms with Crippen LogP contribution in [0.25, 0.3) is 0 Å². The summed E-state index contributed by atoms with van der Waals surface area (Å²) in [6.45, 7) is 0.333. The number of para-hydroxylation sites is 1. The van der Waals surface area contributed by atoms with Gasteiger partial charge in [0.25, 0.3) is 5.91 Å². The summed E-state index contributed by atoms with van der Waals surface area (Å²) in [6.07, 6.45) is 0.672. The van der Waals surface area contributed by atoms with Crippen molar-refractivity contribution in [1.82, 2.24) is 5.32 Å². The number of furan rings is 1. The van der Waals surface area contributed by atoms with Gasteiger partial charge in [-0.05, 0) is 30.7 Å². The van der Waals surface area contributed by atoms with Crippen molar-refractivity contribution in [2.24, 2.45) is 5.73 Å². The molecule has 0 bridgehead atoms. The van der Waals surface area contributed by atoms with Gasteiger partial charge >= 0.3 is 0 Å². The van der Waals surface area contributed by atoms with E-state index in [1.165, 1.54) is 18.2 Å². The molecule has 0 aliphatic heterocycles. The second kappa shape index (κ2) is 7.98. The predicted octanol–water partition coefficient (Wildman–Crippen LogP) is 1.99. The number of hydrogen-bond acceptors (Lipinski definition) is 4. The molecule has 1 heterocycles. The molecule has 0 spiro atoms. The van der Waals surface area contributed by atoms with Crippen molar-refractivity contribution in [2.45, 2.75) is 19.4 Å². The number of nitrogens with two attached hydrogens (primary N) is 1.